The highest BCUT2D eigenvalue weighted by Crippen LogP contribution is 2.32. The van der Waals surface area contributed by atoms with Gasteiger partial charge in [-0.3, -0.25) is 9.59 Å². The SMILES string of the molecule is CCN1CCN(C(=O)c2oc3ccccc3c2NC(C)=O)CC1. The molecule has 1 N–H and O–H groups in total. The summed E-state index contributed by atoms with van der Waals surface area (Å²) < 4.78 is 5.75. The lowest BCUT2D eigenvalue weighted by molar-refractivity contribution is -0.114. The summed E-state index contributed by atoms with van der Waals surface area (Å²) in [6, 6.07) is 7.34. The fraction of sp³-hybridized carbons (Fsp3) is 0.412. The molecule has 6 nitrogen and oxygen atoms in total. The van der Waals surface area contributed by atoms with E-state index < -0.39 is 0 Å². The molecule has 1 fully saturated rings. The van der Waals surface area contributed by atoms with Gasteiger partial charge < -0.3 is 19.5 Å². The Hall–Kier alpha value is -2.34. The number of piperazine rings is 1. The van der Waals surface area contributed by atoms with Crippen molar-refractivity contribution in [2.45, 2.75) is 13.8 Å². The summed E-state index contributed by atoms with van der Waals surface area (Å²) in [5.41, 5.74) is 1.07. The van der Waals surface area contributed by atoms with Crippen LogP contribution < -0.4 is 5.32 Å². The lowest BCUT2D eigenvalue weighted by Gasteiger charge is -2.33. The third kappa shape index (κ3) is 3.07. The first-order valence-corrected chi connectivity index (χ1v) is 7.91. The molecule has 122 valence electrons. The van der Waals surface area contributed by atoms with Crippen LogP contribution in [-0.2, 0) is 4.79 Å². The molecule has 0 unspecified atom stereocenters. The average Bonchev–Trinajstić information content (AvgIpc) is 2.92. The molecular formula is C17H21N3O3. The smallest absolute Gasteiger partial charge is 0.291 e. The van der Waals surface area contributed by atoms with Crippen molar-refractivity contribution in [1.82, 2.24) is 9.80 Å². The van der Waals surface area contributed by atoms with Gasteiger partial charge >= 0.3 is 0 Å². The Kier molecular flexibility index (Phi) is 4.34. The summed E-state index contributed by atoms with van der Waals surface area (Å²) in [5, 5.41) is 3.49. The van der Waals surface area contributed by atoms with Crippen molar-refractivity contribution >= 4 is 28.5 Å². The summed E-state index contributed by atoms with van der Waals surface area (Å²) >= 11 is 0. The zero-order valence-corrected chi connectivity index (χ0v) is 13.5. The lowest BCUT2D eigenvalue weighted by Crippen LogP contribution is -2.48. The number of likely N-dealkylation sites (N-methyl/N-ethyl adjacent to an activating group) is 1. The molecule has 0 radical (unpaired) electrons. The van der Waals surface area contributed by atoms with Gasteiger partial charge in [0.25, 0.3) is 5.91 Å². The van der Waals surface area contributed by atoms with Gasteiger partial charge in [0.2, 0.25) is 11.7 Å². The van der Waals surface area contributed by atoms with Gasteiger partial charge in [-0.2, -0.15) is 0 Å². The van der Waals surface area contributed by atoms with Crippen LogP contribution in [0, 0.1) is 0 Å². The maximum atomic E-state index is 12.8. The predicted octanol–water partition coefficient (Wildman–Crippen LogP) is 2.17. The summed E-state index contributed by atoms with van der Waals surface area (Å²) in [5.74, 6) is -0.173. The monoisotopic (exact) mass is 315 g/mol. The van der Waals surface area contributed by atoms with E-state index in [4.69, 9.17) is 4.42 Å². The van der Waals surface area contributed by atoms with E-state index in [1.807, 2.05) is 18.2 Å². The molecule has 1 saturated heterocycles. The Morgan fingerprint density at radius 3 is 2.52 bits per heavy atom. The van der Waals surface area contributed by atoms with Crippen molar-refractivity contribution in [3.8, 4) is 0 Å². The van der Waals surface area contributed by atoms with E-state index in [9.17, 15) is 9.59 Å². The second-order valence-corrected chi connectivity index (χ2v) is 5.71. The van der Waals surface area contributed by atoms with E-state index >= 15 is 0 Å². The molecule has 1 aromatic heterocycles. The fourth-order valence-corrected chi connectivity index (χ4v) is 2.91. The van der Waals surface area contributed by atoms with E-state index in [0.717, 1.165) is 25.0 Å². The Morgan fingerprint density at radius 2 is 1.87 bits per heavy atom. The minimum Gasteiger partial charge on any atom is -0.449 e. The molecule has 0 spiro atoms. The van der Waals surface area contributed by atoms with Crippen LogP contribution in [0.2, 0.25) is 0 Å². The maximum absolute atomic E-state index is 12.8. The van der Waals surface area contributed by atoms with Crippen molar-refractivity contribution in [2.75, 3.05) is 38.0 Å². The van der Waals surface area contributed by atoms with Gasteiger partial charge in [0, 0.05) is 38.5 Å². The predicted molar refractivity (Wildman–Crippen MR) is 88.5 cm³/mol. The molecule has 1 aliphatic rings. The van der Waals surface area contributed by atoms with Crippen molar-refractivity contribution in [3.63, 3.8) is 0 Å². The molecule has 0 aliphatic carbocycles. The number of hydrogen-bond donors (Lipinski definition) is 1. The molecule has 2 aromatic rings. The standard InChI is InChI=1S/C17H21N3O3/c1-3-19-8-10-20(11-9-19)17(22)16-15(18-12(2)21)13-6-4-5-7-14(13)23-16/h4-7H,3,8-11H2,1-2H3,(H,18,21). The molecule has 0 saturated carbocycles. The number of carbonyl (C=O) groups excluding carboxylic acids is 2. The Balaban J connectivity index is 1.92. The first-order chi connectivity index (χ1) is 11.1. The molecule has 0 atom stereocenters. The second-order valence-electron chi connectivity index (χ2n) is 5.71. The fourth-order valence-electron chi connectivity index (χ4n) is 2.91. The number of rotatable bonds is 3. The van der Waals surface area contributed by atoms with Crippen LogP contribution in [0.4, 0.5) is 5.69 Å². The zero-order valence-electron chi connectivity index (χ0n) is 13.5. The van der Waals surface area contributed by atoms with Crippen LogP contribution in [0.25, 0.3) is 11.0 Å². The number of hydrogen-bond acceptors (Lipinski definition) is 4. The molecule has 1 aliphatic heterocycles. The largest absolute Gasteiger partial charge is 0.449 e. The Bertz CT molecular complexity index is 730. The second kappa shape index (κ2) is 6.42. The van der Waals surface area contributed by atoms with E-state index in [1.54, 1.807) is 11.0 Å². The number of nitrogens with zero attached hydrogens (tertiary/aromatic N) is 2. The van der Waals surface area contributed by atoms with E-state index in [2.05, 4.69) is 17.1 Å². The van der Waals surface area contributed by atoms with Gasteiger partial charge in [0.15, 0.2) is 0 Å². The summed E-state index contributed by atoms with van der Waals surface area (Å²) in [6.45, 7) is 7.59. The quantitative estimate of drug-likeness (QED) is 0.943. The molecule has 2 amide bonds. The molecular weight excluding hydrogens is 294 g/mol. The highest BCUT2D eigenvalue weighted by molar-refractivity contribution is 6.10. The van der Waals surface area contributed by atoms with Gasteiger partial charge in [-0.05, 0) is 18.7 Å². The number of amides is 2. The molecule has 3 rings (SSSR count). The summed E-state index contributed by atoms with van der Waals surface area (Å²) in [6.07, 6.45) is 0. The van der Waals surface area contributed by atoms with Crippen molar-refractivity contribution in [2.24, 2.45) is 0 Å². The molecule has 1 aromatic carbocycles. The summed E-state index contributed by atoms with van der Waals surface area (Å²) in [7, 11) is 0. The number of benzene rings is 1. The number of anilines is 1. The maximum Gasteiger partial charge on any atom is 0.291 e. The first-order valence-electron chi connectivity index (χ1n) is 7.91. The number of para-hydroxylation sites is 1. The number of carbonyl (C=O) groups is 2. The topological polar surface area (TPSA) is 65.8 Å². The third-order valence-electron chi connectivity index (χ3n) is 4.20. The Labute approximate surface area is 135 Å². The Morgan fingerprint density at radius 1 is 1.17 bits per heavy atom. The number of furan rings is 1. The van der Waals surface area contributed by atoms with Crippen LogP contribution in [0.3, 0.4) is 0 Å². The van der Waals surface area contributed by atoms with Gasteiger partial charge in [0.05, 0.1) is 0 Å². The van der Waals surface area contributed by atoms with E-state index in [-0.39, 0.29) is 17.6 Å². The average molecular weight is 315 g/mol. The van der Waals surface area contributed by atoms with Crippen LogP contribution in [0.5, 0.6) is 0 Å². The minimum atomic E-state index is -0.221. The van der Waals surface area contributed by atoms with Gasteiger partial charge in [-0.25, -0.2) is 0 Å². The zero-order chi connectivity index (χ0) is 16.4. The minimum absolute atomic E-state index is 0.166. The third-order valence-corrected chi connectivity index (χ3v) is 4.20. The number of nitrogens with one attached hydrogen (secondary N) is 1. The van der Waals surface area contributed by atoms with Crippen molar-refractivity contribution in [1.29, 1.82) is 0 Å². The first kappa shape index (κ1) is 15.6. The van der Waals surface area contributed by atoms with Gasteiger partial charge in [0.1, 0.15) is 11.3 Å². The molecule has 23 heavy (non-hydrogen) atoms. The van der Waals surface area contributed by atoms with Crippen molar-refractivity contribution in [3.05, 3.63) is 30.0 Å². The highest BCUT2D eigenvalue weighted by Gasteiger charge is 2.28. The van der Waals surface area contributed by atoms with Crippen molar-refractivity contribution < 1.29 is 14.0 Å². The van der Waals surface area contributed by atoms with Gasteiger partial charge in [-0.1, -0.05) is 19.1 Å². The van der Waals surface area contributed by atoms with Crippen LogP contribution in [0.15, 0.2) is 28.7 Å². The molecule has 0 bridgehead atoms. The van der Waals surface area contributed by atoms with E-state index in [1.165, 1.54) is 6.92 Å². The van der Waals surface area contributed by atoms with Crippen LogP contribution in [0.1, 0.15) is 24.4 Å². The lowest BCUT2D eigenvalue weighted by atomic mass is 10.2. The number of fused-ring (bicyclic) bond motifs is 1. The summed E-state index contributed by atoms with van der Waals surface area (Å²) in [4.78, 5) is 28.4. The van der Waals surface area contributed by atoms with E-state index in [0.29, 0.717) is 24.4 Å². The van der Waals surface area contributed by atoms with Crippen LogP contribution >= 0.6 is 0 Å². The normalized spacial score (nSPS) is 15.8. The van der Waals surface area contributed by atoms with Gasteiger partial charge in [-0.15, -0.1) is 0 Å². The molecule has 6 heteroatoms. The molecule has 2 heterocycles. The highest BCUT2D eigenvalue weighted by atomic mass is 16.3. The van der Waals surface area contributed by atoms with Crippen LogP contribution in [-0.4, -0.2) is 54.3 Å².